The second-order valence-corrected chi connectivity index (χ2v) is 7.30. The number of carbonyl (C=O) groups excluding carboxylic acids is 2. The van der Waals surface area contributed by atoms with Crippen LogP contribution in [0.15, 0.2) is 42.5 Å². The number of hydrogen-bond donors (Lipinski definition) is 3. The molecule has 3 N–H and O–H groups in total. The quantitative estimate of drug-likeness (QED) is 0.487. The smallest absolute Gasteiger partial charge is 0.246 e. The first-order valence-electron chi connectivity index (χ1n) is 9.48. The van der Waals surface area contributed by atoms with Crippen molar-refractivity contribution < 1.29 is 18.4 Å². The molecular weight excluding hydrogens is 424 g/mol. The van der Waals surface area contributed by atoms with Gasteiger partial charge < -0.3 is 10.6 Å². The van der Waals surface area contributed by atoms with Crippen LogP contribution < -0.4 is 10.6 Å². The lowest BCUT2D eigenvalue weighted by molar-refractivity contribution is -0.129. The summed E-state index contributed by atoms with van der Waals surface area (Å²) in [7, 11) is 1.39. The van der Waals surface area contributed by atoms with Crippen LogP contribution in [0.5, 0.6) is 0 Å². The Morgan fingerprint density at radius 3 is 2.65 bits per heavy atom. The topological polar surface area (TPSA) is 91.8 Å². The number of rotatable bonds is 7. The maximum absolute atomic E-state index is 13.6. The molecule has 7 nitrogen and oxygen atoms in total. The molecule has 0 aliphatic rings. The number of likely N-dealkylation sites (N-methyl/N-ethyl adjacent to an activating group) is 1. The van der Waals surface area contributed by atoms with E-state index in [2.05, 4.69) is 20.8 Å². The molecule has 1 aromatic heterocycles. The summed E-state index contributed by atoms with van der Waals surface area (Å²) in [6, 6.07) is 9.57. The van der Waals surface area contributed by atoms with Crippen LogP contribution in [0.3, 0.4) is 0 Å². The normalized spacial score (nSPS) is 11.7. The predicted octanol–water partition coefficient (Wildman–Crippen LogP) is 3.19. The van der Waals surface area contributed by atoms with Crippen molar-refractivity contribution in [2.45, 2.75) is 25.9 Å². The van der Waals surface area contributed by atoms with Crippen molar-refractivity contribution in [3.8, 4) is 11.4 Å². The van der Waals surface area contributed by atoms with Crippen LogP contribution in [-0.4, -0.2) is 33.6 Å². The van der Waals surface area contributed by atoms with E-state index in [4.69, 9.17) is 12.2 Å². The monoisotopic (exact) mass is 445 g/mol. The average molecular weight is 445 g/mol. The van der Waals surface area contributed by atoms with Gasteiger partial charge in [-0.25, -0.2) is 8.78 Å². The first kappa shape index (κ1) is 22.3. The summed E-state index contributed by atoms with van der Waals surface area (Å²) in [6.07, 6.45) is -0.0101. The third-order valence-electron chi connectivity index (χ3n) is 4.69. The summed E-state index contributed by atoms with van der Waals surface area (Å²) in [6.45, 7) is 2.17. The lowest BCUT2D eigenvalue weighted by atomic mass is 10.1. The number of H-pyrrole nitrogens is 1. The lowest BCUT2D eigenvalue weighted by Gasteiger charge is -2.18. The molecular formula is C21H21F2N5O2S. The zero-order chi connectivity index (χ0) is 22.5. The first-order chi connectivity index (χ1) is 14.8. The molecule has 3 aromatic rings. The van der Waals surface area contributed by atoms with Gasteiger partial charge in [0.25, 0.3) is 0 Å². The fourth-order valence-corrected chi connectivity index (χ4v) is 3.34. The Hall–Kier alpha value is -3.40. The maximum Gasteiger partial charge on any atom is 0.246 e. The number of amides is 2. The predicted molar refractivity (Wildman–Crippen MR) is 114 cm³/mol. The molecule has 0 aliphatic carbocycles. The number of hydrogen-bond acceptors (Lipinski definition) is 4. The lowest BCUT2D eigenvalue weighted by Crippen LogP contribution is -2.39. The number of aromatic amines is 1. The van der Waals surface area contributed by atoms with Crippen LogP contribution in [0, 0.1) is 23.3 Å². The molecule has 0 saturated heterocycles. The van der Waals surface area contributed by atoms with Gasteiger partial charge in [0.1, 0.15) is 6.04 Å². The highest BCUT2D eigenvalue weighted by Crippen LogP contribution is 2.20. The molecule has 0 radical (unpaired) electrons. The number of aryl methyl sites for hydroxylation is 1. The molecule has 3 rings (SSSR count). The van der Waals surface area contributed by atoms with Crippen molar-refractivity contribution in [2.24, 2.45) is 0 Å². The van der Waals surface area contributed by atoms with E-state index in [0.29, 0.717) is 10.6 Å². The molecule has 2 amide bonds. The highest BCUT2D eigenvalue weighted by molar-refractivity contribution is 7.71. The molecule has 0 aliphatic heterocycles. The molecule has 0 spiro atoms. The minimum absolute atomic E-state index is 0.0101. The summed E-state index contributed by atoms with van der Waals surface area (Å²) in [5.74, 6) is -2.57. The van der Waals surface area contributed by atoms with Crippen LogP contribution in [0.4, 0.5) is 8.78 Å². The number of nitrogens with one attached hydrogen (secondary N) is 3. The van der Waals surface area contributed by atoms with Crippen molar-refractivity contribution in [1.82, 2.24) is 25.4 Å². The Bertz CT molecular complexity index is 1170. The van der Waals surface area contributed by atoms with E-state index in [0.717, 1.165) is 23.3 Å². The Kier molecular flexibility index (Phi) is 6.91. The van der Waals surface area contributed by atoms with Gasteiger partial charge in [0.15, 0.2) is 22.2 Å². The van der Waals surface area contributed by atoms with Crippen LogP contribution in [0.1, 0.15) is 23.6 Å². The average Bonchev–Trinajstić information content (AvgIpc) is 3.12. The summed E-state index contributed by atoms with van der Waals surface area (Å²) in [4.78, 5) is 24.8. The molecule has 31 heavy (non-hydrogen) atoms. The van der Waals surface area contributed by atoms with E-state index >= 15 is 0 Å². The highest BCUT2D eigenvalue weighted by Gasteiger charge is 2.23. The summed E-state index contributed by atoms with van der Waals surface area (Å²) < 4.78 is 28.9. The first-order valence-corrected chi connectivity index (χ1v) is 9.89. The summed E-state index contributed by atoms with van der Waals surface area (Å²) in [5.41, 5.74) is 2.03. The van der Waals surface area contributed by atoms with Crippen molar-refractivity contribution >= 4 is 24.0 Å². The largest absolute Gasteiger partial charge is 0.357 e. The van der Waals surface area contributed by atoms with Gasteiger partial charge in [-0.15, -0.1) is 0 Å². The number of nitrogens with zero attached hydrogens (tertiary/aromatic N) is 2. The Morgan fingerprint density at radius 2 is 1.97 bits per heavy atom. The zero-order valence-corrected chi connectivity index (χ0v) is 17.7. The minimum Gasteiger partial charge on any atom is -0.357 e. The van der Waals surface area contributed by atoms with Crippen molar-refractivity contribution in [3.05, 3.63) is 70.0 Å². The number of aromatic nitrogens is 3. The van der Waals surface area contributed by atoms with E-state index in [9.17, 15) is 18.4 Å². The SMILES string of the molecule is CNC(=O)C(NC(=O)CCn1c(-c2cccc(C)c2)n[nH]c1=S)c1ccc(F)c(F)c1. The van der Waals surface area contributed by atoms with E-state index in [-0.39, 0.29) is 18.5 Å². The molecule has 0 fully saturated rings. The fourth-order valence-electron chi connectivity index (χ4n) is 3.11. The molecule has 2 aromatic carbocycles. The van der Waals surface area contributed by atoms with Gasteiger partial charge in [0, 0.05) is 25.6 Å². The van der Waals surface area contributed by atoms with Crippen molar-refractivity contribution in [2.75, 3.05) is 7.05 Å². The van der Waals surface area contributed by atoms with Crippen LogP contribution >= 0.6 is 12.2 Å². The fraction of sp³-hybridized carbons (Fsp3) is 0.238. The maximum atomic E-state index is 13.6. The Balaban J connectivity index is 1.76. The molecule has 0 saturated carbocycles. The summed E-state index contributed by atoms with van der Waals surface area (Å²) in [5, 5.41) is 11.9. The van der Waals surface area contributed by atoms with E-state index < -0.39 is 29.5 Å². The van der Waals surface area contributed by atoms with Gasteiger partial charge in [-0.05, 0) is 42.9 Å². The molecule has 1 atom stereocenters. The van der Waals surface area contributed by atoms with Gasteiger partial charge in [0.05, 0.1) is 0 Å². The molecule has 0 bridgehead atoms. The van der Waals surface area contributed by atoms with Crippen LogP contribution in [0.25, 0.3) is 11.4 Å². The van der Waals surface area contributed by atoms with Gasteiger partial charge in [0.2, 0.25) is 11.8 Å². The molecule has 1 heterocycles. The molecule has 1 unspecified atom stereocenters. The number of benzene rings is 2. The Morgan fingerprint density at radius 1 is 1.19 bits per heavy atom. The van der Waals surface area contributed by atoms with Gasteiger partial charge in [-0.1, -0.05) is 29.8 Å². The highest BCUT2D eigenvalue weighted by atomic mass is 32.1. The third kappa shape index (κ3) is 5.21. The second-order valence-electron chi connectivity index (χ2n) is 6.91. The van der Waals surface area contributed by atoms with Crippen molar-refractivity contribution in [1.29, 1.82) is 0 Å². The van der Waals surface area contributed by atoms with E-state index in [1.165, 1.54) is 13.1 Å². The number of carbonyl (C=O) groups is 2. The number of halogens is 2. The van der Waals surface area contributed by atoms with E-state index in [1.54, 1.807) is 4.57 Å². The second kappa shape index (κ2) is 9.61. The van der Waals surface area contributed by atoms with E-state index in [1.807, 2.05) is 31.2 Å². The van der Waals surface area contributed by atoms with Gasteiger partial charge in [-0.2, -0.15) is 5.10 Å². The molecule has 162 valence electrons. The van der Waals surface area contributed by atoms with Crippen LogP contribution in [0.2, 0.25) is 0 Å². The van der Waals surface area contributed by atoms with Crippen molar-refractivity contribution in [3.63, 3.8) is 0 Å². The summed E-state index contributed by atoms with van der Waals surface area (Å²) >= 11 is 5.28. The minimum atomic E-state index is -1.17. The van der Waals surface area contributed by atoms with Crippen LogP contribution in [-0.2, 0) is 16.1 Å². The third-order valence-corrected chi connectivity index (χ3v) is 5.00. The van der Waals surface area contributed by atoms with Gasteiger partial charge >= 0.3 is 0 Å². The Labute approximate surface area is 182 Å². The zero-order valence-electron chi connectivity index (χ0n) is 16.9. The molecule has 10 heteroatoms. The van der Waals surface area contributed by atoms with Gasteiger partial charge in [-0.3, -0.25) is 19.3 Å². The standard InChI is InChI=1S/C21H21F2N5O2S/c1-12-4-3-5-14(10-12)19-26-27-21(31)28(19)9-8-17(29)25-18(20(30)24-2)13-6-7-15(22)16(23)11-13/h3-7,10-11,18H,8-9H2,1-2H3,(H,24,30)(H,25,29)(H,27,31).